The molecule has 0 aliphatic carbocycles. The molecule has 2 aromatic carbocycles. The fraction of sp³-hybridized carbons (Fsp3) is 0.200. The van der Waals surface area contributed by atoms with Gasteiger partial charge in [-0.1, -0.05) is 60.1 Å². The van der Waals surface area contributed by atoms with E-state index in [4.69, 9.17) is 11.6 Å². The summed E-state index contributed by atoms with van der Waals surface area (Å²) in [6.45, 7) is 3.49. The number of benzene rings is 2. The molecule has 1 aliphatic rings. The molecule has 0 spiro atoms. The monoisotopic (exact) mass is 430 g/mol. The van der Waals surface area contributed by atoms with Crippen LogP contribution in [-0.4, -0.2) is 46.5 Å². The van der Waals surface area contributed by atoms with Crippen molar-refractivity contribution in [2.75, 3.05) is 31.1 Å². The van der Waals surface area contributed by atoms with Crippen LogP contribution in [0.2, 0.25) is 5.02 Å². The van der Waals surface area contributed by atoms with Crippen molar-refractivity contribution in [3.8, 4) is 0 Å². The second kappa shape index (κ2) is 8.44. The summed E-state index contributed by atoms with van der Waals surface area (Å²) >= 11 is 5.95. The Balaban J connectivity index is 1.38. The average molecular weight is 431 g/mol. The number of piperazine rings is 1. The van der Waals surface area contributed by atoms with Gasteiger partial charge in [0, 0.05) is 49.8 Å². The average Bonchev–Trinajstić information content (AvgIpc) is 3.18. The van der Waals surface area contributed by atoms with E-state index in [2.05, 4.69) is 38.7 Å². The molecule has 0 N–H and O–H groups in total. The van der Waals surface area contributed by atoms with Crippen LogP contribution in [0.4, 0.5) is 5.82 Å². The number of amides is 1. The van der Waals surface area contributed by atoms with Gasteiger partial charge >= 0.3 is 0 Å². The predicted octanol–water partition coefficient (Wildman–Crippen LogP) is 4.70. The molecule has 0 radical (unpaired) electrons. The first kappa shape index (κ1) is 19.6. The first-order chi connectivity index (χ1) is 15.2. The molecule has 0 bridgehead atoms. The van der Waals surface area contributed by atoms with E-state index in [0.717, 1.165) is 35.5 Å². The van der Waals surface area contributed by atoms with E-state index >= 15 is 0 Å². The minimum atomic E-state index is 0.0795. The zero-order valence-electron chi connectivity index (χ0n) is 17.1. The van der Waals surface area contributed by atoms with Gasteiger partial charge < -0.3 is 14.4 Å². The molecule has 5 nitrogen and oxygen atoms in total. The lowest BCUT2D eigenvalue weighted by molar-refractivity contribution is 0.0736. The Morgan fingerprint density at radius 3 is 2.39 bits per heavy atom. The number of para-hydroxylation sites is 1. The predicted molar refractivity (Wildman–Crippen MR) is 125 cm³/mol. The number of pyridine rings is 1. The van der Waals surface area contributed by atoms with E-state index in [1.54, 1.807) is 6.20 Å². The first-order valence-electron chi connectivity index (χ1n) is 10.5. The number of rotatable bonds is 4. The van der Waals surface area contributed by atoms with Crippen LogP contribution in [0.3, 0.4) is 0 Å². The first-order valence-corrected chi connectivity index (χ1v) is 10.8. The lowest BCUT2D eigenvalue weighted by Crippen LogP contribution is -2.49. The van der Waals surface area contributed by atoms with Crippen molar-refractivity contribution in [3.63, 3.8) is 0 Å². The van der Waals surface area contributed by atoms with Crippen LogP contribution in [0.5, 0.6) is 0 Å². The van der Waals surface area contributed by atoms with Crippen LogP contribution in [-0.2, 0) is 6.54 Å². The minimum absolute atomic E-state index is 0.0795. The van der Waals surface area contributed by atoms with Gasteiger partial charge in [-0.25, -0.2) is 4.98 Å². The van der Waals surface area contributed by atoms with Gasteiger partial charge in [0.25, 0.3) is 5.91 Å². The van der Waals surface area contributed by atoms with Crippen LogP contribution in [0.1, 0.15) is 16.1 Å². The van der Waals surface area contributed by atoms with Crippen molar-refractivity contribution in [3.05, 3.63) is 95.3 Å². The van der Waals surface area contributed by atoms with Crippen molar-refractivity contribution < 1.29 is 4.79 Å². The lowest BCUT2D eigenvalue weighted by atomic mass is 10.2. The number of anilines is 1. The molecule has 2 aromatic heterocycles. The third-order valence-electron chi connectivity index (χ3n) is 5.82. The van der Waals surface area contributed by atoms with Gasteiger partial charge in [0.15, 0.2) is 0 Å². The number of nitrogens with zero attached hydrogens (tertiary/aromatic N) is 4. The largest absolute Gasteiger partial charge is 0.353 e. The summed E-state index contributed by atoms with van der Waals surface area (Å²) in [5.41, 5.74) is 3.00. The summed E-state index contributed by atoms with van der Waals surface area (Å²) in [5, 5.41) is 1.72. The third kappa shape index (κ3) is 4.01. The summed E-state index contributed by atoms with van der Waals surface area (Å²) < 4.78 is 2.14. The highest BCUT2D eigenvalue weighted by Crippen LogP contribution is 2.24. The molecule has 3 heterocycles. The number of hydrogen-bond donors (Lipinski definition) is 0. The second-order valence-electron chi connectivity index (χ2n) is 7.77. The van der Waals surface area contributed by atoms with Gasteiger partial charge in [-0.05, 0) is 29.8 Å². The molecule has 1 amide bonds. The number of aromatic nitrogens is 2. The molecule has 0 unspecified atom stereocenters. The van der Waals surface area contributed by atoms with Gasteiger partial charge in [0.05, 0.1) is 5.02 Å². The quantitative estimate of drug-likeness (QED) is 0.471. The van der Waals surface area contributed by atoms with Crippen LogP contribution >= 0.6 is 11.6 Å². The molecular formula is C25H23ClN4O. The maximum atomic E-state index is 13.5. The second-order valence-corrected chi connectivity index (χ2v) is 8.21. The van der Waals surface area contributed by atoms with Gasteiger partial charge in [-0.15, -0.1) is 0 Å². The summed E-state index contributed by atoms with van der Waals surface area (Å²) in [6.07, 6.45) is 1.66. The molecule has 156 valence electrons. The Labute approximate surface area is 186 Å². The number of carbonyl (C=O) groups is 1. The Hall–Kier alpha value is -3.31. The lowest BCUT2D eigenvalue weighted by Gasteiger charge is -2.35. The van der Waals surface area contributed by atoms with Gasteiger partial charge in [0.2, 0.25) is 0 Å². The Bertz CT molecular complexity index is 1200. The molecule has 5 rings (SSSR count). The Morgan fingerprint density at radius 1 is 0.903 bits per heavy atom. The van der Waals surface area contributed by atoms with Crippen LogP contribution in [0.25, 0.3) is 10.9 Å². The molecule has 4 aromatic rings. The normalized spacial score (nSPS) is 14.2. The van der Waals surface area contributed by atoms with E-state index in [-0.39, 0.29) is 5.91 Å². The maximum absolute atomic E-state index is 13.5. The van der Waals surface area contributed by atoms with Gasteiger partial charge in [0.1, 0.15) is 11.5 Å². The molecule has 1 fully saturated rings. The van der Waals surface area contributed by atoms with Crippen molar-refractivity contribution in [1.82, 2.24) is 14.5 Å². The van der Waals surface area contributed by atoms with Crippen LogP contribution in [0.15, 0.2) is 79.0 Å². The molecule has 0 atom stereocenters. The van der Waals surface area contributed by atoms with Crippen molar-refractivity contribution >= 4 is 34.2 Å². The Morgan fingerprint density at radius 2 is 1.65 bits per heavy atom. The summed E-state index contributed by atoms with van der Waals surface area (Å²) in [4.78, 5) is 22.1. The standard InChI is InChI=1S/C25H23ClN4O/c26-21-10-11-24(27-17-21)28-12-14-29(15-13-28)25(31)23-16-20-8-4-5-9-22(20)30(23)18-19-6-2-1-3-7-19/h1-11,16-17H,12-15,18H2. The zero-order valence-corrected chi connectivity index (χ0v) is 17.9. The SMILES string of the molecule is O=C(c1cc2ccccc2n1Cc1ccccc1)N1CCN(c2ccc(Cl)cn2)CC1. The van der Waals surface area contributed by atoms with E-state index in [1.807, 2.05) is 53.4 Å². The molecule has 31 heavy (non-hydrogen) atoms. The highest BCUT2D eigenvalue weighted by Gasteiger charge is 2.26. The van der Waals surface area contributed by atoms with Crippen LogP contribution < -0.4 is 4.90 Å². The highest BCUT2D eigenvalue weighted by molar-refractivity contribution is 6.30. The van der Waals surface area contributed by atoms with Gasteiger partial charge in [-0.3, -0.25) is 4.79 Å². The smallest absolute Gasteiger partial charge is 0.270 e. The number of fused-ring (bicyclic) bond motifs is 1. The zero-order chi connectivity index (χ0) is 21.2. The number of halogens is 1. The summed E-state index contributed by atoms with van der Waals surface area (Å²) in [7, 11) is 0. The van der Waals surface area contributed by atoms with E-state index in [0.29, 0.717) is 24.7 Å². The molecule has 6 heteroatoms. The van der Waals surface area contributed by atoms with Crippen molar-refractivity contribution in [2.24, 2.45) is 0 Å². The summed E-state index contributed by atoms with van der Waals surface area (Å²) in [5.74, 6) is 0.977. The molecule has 1 saturated heterocycles. The summed E-state index contributed by atoms with van der Waals surface area (Å²) in [6, 6.07) is 24.3. The van der Waals surface area contributed by atoms with Crippen LogP contribution in [0, 0.1) is 0 Å². The van der Waals surface area contributed by atoms with E-state index < -0.39 is 0 Å². The number of carbonyl (C=O) groups excluding carboxylic acids is 1. The van der Waals surface area contributed by atoms with Gasteiger partial charge in [-0.2, -0.15) is 0 Å². The van der Waals surface area contributed by atoms with Crippen molar-refractivity contribution in [1.29, 1.82) is 0 Å². The Kier molecular flexibility index (Phi) is 5.35. The topological polar surface area (TPSA) is 41.4 Å². The highest BCUT2D eigenvalue weighted by atomic mass is 35.5. The van der Waals surface area contributed by atoms with Crippen molar-refractivity contribution in [2.45, 2.75) is 6.54 Å². The third-order valence-corrected chi connectivity index (χ3v) is 6.04. The minimum Gasteiger partial charge on any atom is -0.353 e. The van der Waals surface area contributed by atoms with E-state index in [9.17, 15) is 4.79 Å². The van der Waals surface area contributed by atoms with E-state index in [1.165, 1.54) is 5.56 Å². The molecular weight excluding hydrogens is 408 g/mol. The fourth-order valence-corrected chi connectivity index (χ4v) is 4.29. The molecule has 1 aliphatic heterocycles. The molecule has 0 saturated carbocycles. The maximum Gasteiger partial charge on any atom is 0.270 e. The fourth-order valence-electron chi connectivity index (χ4n) is 4.18. The number of hydrogen-bond acceptors (Lipinski definition) is 3.